The molecule has 0 bridgehead atoms. The lowest BCUT2D eigenvalue weighted by molar-refractivity contribution is -0.124. The van der Waals surface area contributed by atoms with Crippen LogP contribution in [0.25, 0.3) is 0 Å². The molecule has 5 heteroatoms. The average Bonchev–Trinajstić information content (AvgIpc) is 2.85. The Bertz CT molecular complexity index is 979. The molecule has 5 rings (SSSR count). The molecule has 1 atom stereocenters. The Morgan fingerprint density at radius 3 is 2.45 bits per heavy atom. The van der Waals surface area contributed by atoms with Gasteiger partial charge in [-0.1, -0.05) is 37.5 Å². The predicted octanol–water partition coefficient (Wildman–Crippen LogP) is 5.18. The molecule has 2 heterocycles. The molecule has 1 saturated heterocycles. The van der Waals surface area contributed by atoms with Gasteiger partial charge < -0.3 is 9.80 Å². The van der Waals surface area contributed by atoms with E-state index in [1.165, 1.54) is 24.8 Å². The summed E-state index contributed by atoms with van der Waals surface area (Å²) in [5.41, 5.74) is 4.59. The number of benzene rings is 2. The van der Waals surface area contributed by atoms with Gasteiger partial charge in [-0.3, -0.25) is 9.69 Å². The van der Waals surface area contributed by atoms with Crippen molar-refractivity contribution in [1.29, 1.82) is 0 Å². The van der Waals surface area contributed by atoms with Crippen molar-refractivity contribution in [3.8, 4) is 0 Å². The normalized spacial score (nSPS) is 22.3. The largest absolute Gasteiger partial charge is 0.369 e. The van der Waals surface area contributed by atoms with Crippen LogP contribution in [0, 0.1) is 18.7 Å². The molecule has 1 saturated carbocycles. The number of carbonyl (C=O) groups excluding carboxylic acids is 1. The molecule has 2 aromatic carbocycles. The first-order valence-corrected chi connectivity index (χ1v) is 12.7. The number of aryl methyl sites for hydroxylation is 2. The van der Waals surface area contributed by atoms with E-state index in [0.717, 1.165) is 75.3 Å². The standard InChI is InChI=1S/C28H36FN3O/c1-21-19-24(29)12-14-26(21)31-17-15-30(16-18-31)20-25-13-11-22-7-5-6-10-27(22)32(25)28(33)23-8-3-2-4-9-23/h5-7,10,12,14,19,23,25H,2-4,8-9,11,13,15-18,20H2,1H3. The minimum Gasteiger partial charge on any atom is -0.369 e. The maximum atomic E-state index is 13.7. The highest BCUT2D eigenvalue weighted by atomic mass is 19.1. The molecule has 0 spiro atoms. The van der Waals surface area contributed by atoms with Gasteiger partial charge in [-0.25, -0.2) is 4.39 Å². The summed E-state index contributed by atoms with van der Waals surface area (Å²) >= 11 is 0. The Kier molecular flexibility index (Phi) is 6.68. The van der Waals surface area contributed by atoms with Crippen LogP contribution in [0.4, 0.5) is 15.8 Å². The van der Waals surface area contributed by atoms with E-state index in [9.17, 15) is 9.18 Å². The molecule has 3 aliphatic rings. The van der Waals surface area contributed by atoms with Crippen molar-refractivity contribution in [3.05, 3.63) is 59.4 Å². The molecule has 176 valence electrons. The van der Waals surface area contributed by atoms with Crippen LogP contribution in [0.15, 0.2) is 42.5 Å². The smallest absolute Gasteiger partial charge is 0.230 e. The van der Waals surface area contributed by atoms with Gasteiger partial charge in [-0.2, -0.15) is 0 Å². The second kappa shape index (κ2) is 9.84. The number of hydrogen-bond donors (Lipinski definition) is 0. The second-order valence-electron chi connectivity index (χ2n) is 10.1. The maximum Gasteiger partial charge on any atom is 0.230 e. The van der Waals surface area contributed by atoms with E-state index < -0.39 is 0 Å². The third-order valence-electron chi connectivity index (χ3n) is 7.90. The minimum atomic E-state index is -0.171. The van der Waals surface area contributed by atoms with Crippen LogP contribution in [0.3, 0.4) is 0 Å². The van der Waals surface area contributed by atoms with Gasteiger partial charge >= 0.3 is 0 Å². The quantitative estimate of drug-likeness (QED) is 0.643. The van der Waals surface area contributed by atoms with E-state index in [-0.39, 0.29) is 17.8 Å². The number of piperazine rings is 1. The van der Waals surface area contributed by atoms with Crippen molar-refractivity contribution >= 4 is 17.3 Å². The van der Waals surface area contributed by atoms with Crippen molar-refractivity contribution in [2.45, 2.75) is 57.9 Å². The van der Waals surface area contributed by atoms with E-state index in [1.54, 1.807) is 12.1 Å². The lowest BCUT2D eigenvalue weighted by Crippen LogP contribution is -2.55. The highest BCUT2D eigenvalue weighted by Gasteiger charge is 2.36. The molecular weight excluding hydrogens is 413 g/mol. The van der Waals surface area contributed by atoms with Crippen molar-refractivity contribution in [3.63, 3.8) is 0 Å². The summed E-state index contributed by atoms with van der Waals surface area (Å²) in [7, 11) is 0. The van der Waals surface area contributed by atoms with Crippen LogP contribution in [0.1, 0.15) is 49.7 Å². The Morgan fingerprint density at radius 1 is 0.939 bits per heavy atom. The summed E-state index contributed by atoms with van der Waals surface area (Å²) in [6, 6.07) is 13.8. The highest BCUT2D eigenvalue weighted by molar-refractivity contribution is 5.97. The summed E-state index contributed by atoms with van der Waals surface area (Å²) in [6.07, 6.45) is 7.79. The zero-order valence-corrected chi connectivity index (χ0v) is 19.8. The van der Waals surface area contributed by atoms with Crippen LogP contribution < -0.4 is 9.80 Å². The molecule has 4 nitrogen and oxygen atoms in total. The second-order valence-corrected chi connectivity index (χ2v) is 10.1. The Balaban J connectivity index is 1.28. The van der Waals surface area contributed by atoms with Gasteiger partial charge in [0.15, 0.2) is 0 Å². The Morgan fingerprint density at radius 2 is 1.70 bits per heavy atom. The number of fused-ring (bicyclic) bond motifs is 1. The first-order chi connectivity index (χ1) is 16.1. The first-order valence-electron chi connectivity index (χ1n) is 12.7. The zero-order chi connectivity index (χ0) is 22.8. The van der Waals surface area contributed by atoms with Crippen molar-refractivity contribution < 1.29 is 9.18 Å². The van der Waals surface area contributed by atoms with Crippen LogP contribution in [-0.4, -0.2) is 49.6 Å². The number of hydrogen-bond acceptors (Lipinski definition) is 3. The lowest BCUT2D eigenvalue weighted by Gasteiger charge is -2.44. The fourth-order valence-corrected chi connectivity index (χ4v) is 6.07. The van der Waals surface area contributed by atoms with Crippen LogP contribution in [0.5, 0.6) is 0 Å². The molecule has 2 aliphatic heterocycles. The average molecular weight is 450 g/mol. The first kappa shape index (κ1) is 22.4. The van der Waals surface area contributed by atoms with Crippen LogP contribution in [0.2, 0.25) is 0 Å². The van der Waals surface area contributed by atoms with Gasteiger partial charge in [-0.15, -0.1) is 0 Å². The molecule has 1 amide bonds. The van der Waals surface area contributed by atoms with Crippen molar-refractivity contribution in [1.82, 2.24) is 4.90 Å². The van der Waals surface area contributed by atoms with Gasteiger partial charge in [0.05, 0.1) is 0 Å². The summed E-state index contributed by atoms with van der Waals surface area (Å²) in [5, 5.41) is 0. The lowest BCUT2D eigenvalue weighted by atomic mass is 9.86. The van der Waals surface area contributed by atoms with Crippen molar-refractivity contribution in [2.75, 3.05) is 42.5 Å². The van der Waals surface area contributed by atoms with Gasteiger partial charge in [0.2, 0.25) is 5.91 Å². The van der Waals surface area contributed by atoms with E-state index in [0.29, 0.717) is 5.91 Å². The Hall–Kier alpha value is -2.40. The van der Waals surface area contributed by atoms with Crippen LogP contribution in [-0.2, 0) is 11.2 Å². The molecule has 1 unspecified atom stereocenters. The number of halogens is 1. The van der Waals surface area contributed by atoms with Gasteiger partial charge in [-0.05, 0) is 68.0 Å². The zero-order valence-electron chi connectivity index (χ0n) is 19.8. The van der Waals surface area contributed by atoms with Gasteiger partial charge in [0.25, 0.3) is 0 Å². The van der Waals surface area contributed by atoms with E-state index in [4.69, 9.17) is 0 Å². The highest BCUT2D eigenvalue weighted by Crippen LogP contribution is 2.35. The van der Waals surface area contributed by atoms with E-state index >= 15 is 0 Å². The molecule has 2 fully saturated rings. The monoisotopic (exact) mass is 449 g/mol. The number of amides is 1. The number of nitrogens with zero attached hydrogens (tertiary/aromatic N) is 3. The number of para-hydroxylation sites is 1. The molecule has 1 aliphatic carbocycles. The summed E-state index contributed by atoms with van der Waals surface area (Å²) in [6.45, 7) is 6.74. The third-order valence-corrected chi connectivity index (χ3v) is 7.90. The summed E-state index contributed by atoms with van der Waals surface area (Å²) in [5.74, 6) is 0.369. The predicted molar refractivity (Wildman–Crippen MR) is 132 cm³/mol. The van der Waals surface area contributed by atoms with E-state index in [2.05, 4.69) is 39.0 Å². The summed E-state index contributed by atoms with van der Waals surface area (Å²) < 4.78 is 13.5. The van der Waals surface area contributed by atoms with Crippen LogP contribution >= 0.6 is 0 Å². The molecule has 0 radical (unpaired) electrons. The molecule has 2 aromatic rings. The van der Waals surface area contributed by atoms with Gasteiger partial charge in [0.1, 0.15) is 5.82 Å². The molecular formula is C28H36FN3O. The van der Waals surface area contributed by atoms with Gasteiger partial charge in [0, 0.05) is 56.1 Å². The Labute approximate surface area is 197 Å². The maximum absolute atomic E-state index is 13.7. The summed E-state index contributed by atoms with van der Waals surface area (Å²) in [4.78, 5) is 20.8. The number of carbonyl (C=O) groups is 1. The number of anilines is 2. The molecule has 0 aromatic heterocycles. The fourth-order valence-electron chi connectivity index (χ4n) is 6.07. The molecule has 33 heavy (non-hydrogen) atoms. The van der Waals surface area contributed by atoms with Crippen molar-refractivity contribution in [2.24, 2.45) is 5.92 Å². The SMILES string of the molecule is Cc1cc(F)ccc1N1CCN(CC2CCc3ccccc3N2C(=O)C2CCCCC2)CC1. The van der Waals surface area contributed by atoms with E-state index in [1.807, 2.05) is 13.0 Å². The fraction of sp³-hybridized carbons (Fsp3) is 0.536. The molecule has 0 N–H and O–H groups in total. The third kappa shape index (κ3) is 4.79. The minimum absolute atomic E-state index is 0.171. The topological polar surface area (TPSA) is 26.8 Å². The number of rotatable bonds is 4.